The monoisotopic (exact) mass is 249 g/mol. The predicted octanol–water partition coefficient (Wildman–Crippen LogP) is 3.22. The minimum Gasteiger partial charge on any atom is -0.355 e. The van der Waals surface area contributed by atoms with E-state index in [2.05, 4.69) is 33.0 Å². The summed E-state index contributed by atoms with van der Waals surface area (Å²) in [7, 11) is 0. The van der Waals surface area contributed by atoms with Gasteiger partial charge in [0.25, 0.3) is 0 Å². The normalized spacial score (nSPS) is 53.0. The lowest BCUT2D eigenvalue weighted by Gasteiger charge is -2.53. The summed E-state index contributed by atoms with van der Waals surface area (Å²) < 4.78 is 0. The number of carbonyl (C=O) groups is 1. The fourth-order valence-corrected chi connectivity index (χ4v) is 5.80. The van der Waals surface area contributed by atoms with Crippen LogP contribution in [0.25, 0.3) is 0 Å². The Morgan fingerprint density at radius 1 is 1.11 bits per heavy atom. The van der Waals surface area contributed by atoms with E-state index >= 15 is 0 Å². The van der Waals surface area contributed by atoms with Crippen LogP contribution in [0.1, 0.15) is 53.4 Å². The highest BCUT2D eigenvalue weighted by atomic mass is 16.1. The van der Waals surface area contributed by atoms with Gasteiger partial charge < -0.3 is 5.32 Å². The molecule has 1 amide bonds. The highest BCUT2D eigenvalue weighted by Crippen LogP contribution is 2.73. The lowest BCUT2D eigenvalue weighted by molar-refractivity contribution is -0.113. The van der Waals surface area contributed by atoms with Crippen LogP contribution >= 0.6 is 0 Å². The van der Waals surface area contributed by atoms with E-state index in [-0.39, 0.29) is 0 Å². The fraction of sp³-hybridized carbons (Fsp3) is 0.938. The van der Waals surface area contributed by atoms with Crippen LogP contribution in [0, 0.1) is 34.5 Å². The molecule has 3 fully saturated rings. The van der Waals surface area contributed by atoms with Crippen molar-refractivity contribution in [3.05, 3.63) is 0 Å². The Balaban J connectivity index is 1.92. The van der Waals surface area contributed by atoms with Gasteiger partial charge in [-0.25, -0.2) is 0 Å². The summed E-state index contributed by atoms with van der Waals surface area (Å²) in [5.74, 6) is 3.50. The zero-order chi connectivity index (χ0) is 13.1. The largest absolute Gasteiger partial charge is 0.355 e. The molecule has 3 rings (SSSR count). The van der Waals surface area contributed by atoms with Crippen LogP contribution in [0.5, 0.6) is 0 Å². The summed E-state index contributed by atoms with van der Waals surface area (Å²) >= 11 is 0. The zero-order valence-corrected chi connectivity index (χ0v) is 12.2. The molecule has 0 aromatic rings. The first-order valence-electron chi connectivity index (χ1n) is 7.62. The Morgan fingerprint density at radius 3 is 2.50 bits per heavy atom. The lowest BCUT2D eigenvalue weighted by Crippen LogP contribution is -2.54. The van der Waals surface area contributed by atoms with Crippen LogP contribution in [-0.2, 0) is 4.79 Å². The van der Waals surface area contributed by atoms with Crippen LogP contribution in [0.3, 0.4) is 0 Å². The molecule has 0 aromatic carbocycles. The summed E-state index contributed by atoms with van der Waals surface area (Å²) in [6, 6.07) is 0.411. The van der Waals surface area contributed by atoms with E-state index in [9.17, 15) is 4.79 Å². The first-order chi connectivity index (χ1) is 8.43. The SMILES string of the molecule is C[C@@H]1CC[C@H](NC=O)[C@@]2(C)CC[C@@H]3[C@H]([C@H]12)C3(C)C. The van der Waals surface area contributed by atoms with Crippen molar-refractivity contribution in [3.63, 3.8) is 0 Å². The van der Waals surface area contributed by atoms with Crippen LogP contribution in [0.15, 0.2) is 0 Å². The zero-order valence-electron chi connectivity index (χ0n) is 12.2. The van der Waals surface area contributed by atoms with E-state index in [0.29, 0.717) is 16.9 Å². The summed E-state index contributed by atoms with van der Waals surface area (Å²) in [5, 5.41) is 3.13. The highest BCUT2D eigenvalue weighted by Gasteiger charge is 2.68. The lowest BCUT2D eigenvalue weighted by atomic mass is 9.54. The van der Waals surface area contributed by atoms with Gasteiger partial charge in [0.1, 0.15) is 0 Å². The van der Waals surface area contributed by atoms with Crippen LogP contribution in [0.2, 0.25) is 0 Å². The third-order valence-corrected chi connectivity index (χ3v) is 6.87. The second-order valence-electron chi connectivity index (χ2n) is 7.92. The molecule has 0 saturated heterocycles. The van der Waals surface area contributed by atoms with E-state index in [0.717, 1.165) is 30.1 Å². The van der Waals surface area contributed by atoms with Gasteiger partial charge in [0.2, 0.25) is 6.41 Å². The number of carbonyl (C=O) groups excluding carboxylic acids is 1. The Labute approximate surface area is 111 Å². The summed E-state index contributed by atoms with van der Waals surface area (Å²) in [6.07, 6.45) is 6.05. The molecule has 6 atom stereocenters. The molecule has 1 N–H and O–H groups in total. The second kappa shape index (κ2) is 3.74. The van der Waals surface area contributed by atoms with E-state index in [1.54, 1.807) is 0 Å². The average molecular weight is 249 g/mol. The van der Waals surface area contributed by atoms with E-state index in [1.165, 1.54) is 25.7 Å². The molecule has 3 aliphatic carbocycles. The molecule has 0 aliphatic heterocycles. The second-order valence-corrected chi connectivity index (χ2v) is 7.92. The Hall–Kier alpha value is -0.530. The minimum atomic E-state index is 0.341. The molecule has 102 valence electrons. The predicted molar refractivity (Wildman–Crippen MR) is 73.0 cm³/mol. The third kappa shape index (κ3) is 1.44. The van der Waals surface area contributed by atoms with Gasteiger partial charge in [0, 0.05) is 6.04 Å². The van der Waals surface area contributed by atoms with Gasteiger partial charge in [-0.15, -0.1) is 0 Å². The molecule has 2 heteroatoms. The molecular formula is C16H27NO. The maximum atomic E-state index is 10.9. The van der Waals surface area contributed by atoms with Crippen molar-refractivity contribution < 1.29 is 4.79 Å². The van der Waals surface area contributed by atoms with Crippen molar-refractivity contribution in [2.75, 3.05) is 0 Å². The first-order valence-corrected chi connectivity index (χ1v) is 7.62. The maximum absolute atomic E-state index is 10.9. The van der Waals surface area contributed by atoms with Gasteiger partial charge in [0.15, 0.2) is 0 Å². The summed E-state index contributed by atoms with van der Waals surface area (Å²) in [6.45, 7) is 9.80. The highest BCUT2D eigenvalue weighted by molar-refractivity contribution is 5.47. The molecule has 0 radical (unpaired) electrons. The van der Waals surface area contributed by atoms with Gasteiger partial charge in [-0.1, -0.05) is 27.7 Å². The molecular weight excluding hydrogens is 222 g/mol. The number of hydrogen-bond donors (Lipinski definition) is 1. The third-order valence-electron chi connectivity index (χ3n) is 6.87. The van der Waals surface area contributed by atoms with E-state index in [1.807, 2.05) is 0 Å². The number of fused-ring (bicyclic) bond motifs is 3. The van der Waals surface area contributed by atoms with Crippen molar-refractivity contribution in [1.29, 1.82) is 0 Å². The summed E-state index contributed by atoms with van der Waals surface area (Å²) in [4.78, 5) is 10.9. The molecule has 2 nitrogen and oxygen atoms in total. The molecule has 3 saturated carbocycles. The van der Waals surface area contributed by atoms with E-state index < -0.39 is 0 Å². The molecule has 0 bridgehead atoms. The topological polar surface area (TPSA) is 29.1 Å². The standard InChI is InChI=1S/C16H27NO/c1-10-5-6-12(17-9-18)16(4)8-7-11-14(13(10)16)15(11,2)3/h9-14H,5-8H2,1-4H3,(H,17,18)/t10-,11-,12+,13+,14-,16-/m1/s1. The number of rotatable bonds is 2. The van der Waals surface area contributed by atoms with Crippen molar-refractivity contribution in [2.45, 2.75) is 59.4 Å². The Morgan fingerprint density at radius 2 is 1.83 bits per heavy atom. The van der Waals surface area contributed by atoms with Crippen LogP contribution in [0.4, 0.5) is 0 Å². The van der Waals surface area contributed by atoms with Gasteiger partial charge in [-0.2, -0.15) is 0 Å². The Kier molecular flexibility index (Phi) is 2.60. The number of hydrogen-bond acceptors (Lipinski definition) is 1. The number of amides is 1. The van der Waals surface area contributed by atoms with Crippen LogP contribution < -0.4 is 5.32 Å². The van der Waals surface area contributed by atoms with Crippen molar-refractivity contribution in [3.8, 4) is 0 Å². The minimum absolute atomic E-state index is 0.341. The molecule has 0 heterocycles. The van der Waals surface area contributed by atoms with E-state index in [4.69, 9.17) is 0 Å². The van der Waals surface area contributed by atoms with Gasteiger partial charge in [-0.05, 0) is 60.2 Å². The molecule has 0 spiro atoms. The Bertz CT molecular complexity index is 364. The molecule has 3 aliphatic rings. The molecule has 0 aromatic heterocycles. The summed E-state index contributed by atoms with van der Waals surface area (Å²) in [5.41, 5.74) is 0.896. The van der Waals surface area contributed by atoms with Crippen molar-refractivity contribution in [1.82, 2.24) is 5.32 Å². The smallest absolute Gasteiger partial charge is 0.207 e. The maximum Gasteiger partial charge on any atom is 0.207 e. The van der Waals surface area contributed by atoms with Gasteiger partial charge in [-0.3, -0.25) is 4.79 Å². The van der Waals surface area contributed by atoms with Gasteiger partial charge >= 0.3 is 0 Å². The first kappa shape index (κ1) is 12.5. The van der Waals surface area contributed by atoms with Gasteiger partial charge in [0.05, 0.1) is 0 Å². The van der Waals surface area contributed by atoms with Crippen molar-refractivity contribution in [2.24, 2.45) is 34.5 Å². The van der Waals surface area contributed by atoms with Crippen LogP contribution in [-0.4, -0.2) is 12.5 Å². The number of nitrogens with one attached hydrogen (secondary N) is 1. The quantitative estimate of drug-likeness (QED) is 0.748. The molecule has 0 unspecified atom stereocenters. The molecule has 18 heavy (non-hydrogen) atoms. The van der Waals surface area contributed by atoms with Crippen molar-refractivity contribution >= 4 is 6.41 Å². The fourth-order valence-electron chi connectivity index (χ4n) is 5.80. The average Bonchev–Trinajstić information content (AvgIpc) is 2.85.